The number of rotatable bonds is 3. The molecule has 2 aromatic heterocycles. The SMILES string of the molecule is O=C(c1ccccc1)c1ccnc2nc(-c3ccccc3)oc12. The summed E-state index contributed by atoms with van der Waals surface area (Å²) >= 11 is 0. The van der Waals surface area contributed by atoms with E-state index in [1.165, 1.54) is 0 Å². The van der Waals surface area contributed by atoms with Gasteiger partial charge in [-0.1, -0.05) is 48.5 Å². The number of hydrogen-bond acceptors (Lipinski definition) is 4. The Morgan fingerprint density at radius 2 is 1.57 bits per heavy atom. The van der Waals surface area contributed by atoms with E-state index in [0.717, 1.165) is 5.56 Å². The summed E-state index contributed by atoms with van der Waals surface area (Å²) in [6.07, 6.45) is 1.58. The summed E-state index contributed by atoms with van der Waals surface area (Å²) in [6.45, 7) is 0. The van der Waals surface area contributed by atoms with Crippen molar-refractivity contribution in [1.29, 1.82) is 0 Å². The van der Waals surface area contributed by atoms with Gasteiger partial charge in [-0.05, 0) is 18.2 Å². The lowest BCUT2D eigenvalue weighted by Gasteiger charge is -2.00. The molecule has 4 heteroatoms. The summed E-state index contributed by atoms with van der Waals surface area (Å²) in [6, 6.07) is 20.3. The quantitative estimate of drug-likeness (QED) is 0.534. The Balaban J connectivity index is 1.85. The fraction of sp³-hybridized carbons (Fsp3) is 0. The van der Waals surface area contributed by atoms with Crippen molar-refractivity contribution in [3.63, 3.8) is 0 Å². The molecule has 0 amide bonds. The molecule has 4 nitrogen and oxygen atoms in total. The average Bonchev–Trinajstić information content (AvgIpc) is 3.07. The fourth-order valence-electron chi connectivity index (χ4n) is 2.46. The molecule has 0 spiro atoms. The molecule has 4 rings (SSSR count). The highest BCUT2D eigenvalue weighted by Gasteiger charge is 2.18. The Morgan fingerprint density at radius 3 is 2.30 bits per heavy atom. The van der Waals surface area contributed by atoms with Crippen LogP contribution in [0.3, 0.4) is 0 Å². The van der Waals surface area contributed by atoms with E-state index < -0.39 is 0 Å². The van der Waals surface area contributed by atoms with Gasteiger partial charge in [-0.3, -0.25) is 4.79 Å². The van der Waals surface area contributed by atoms with Crippen LogP contribution in [0, 0.1) is 0 Å². The molecule has 0 saturated heterocycles. The minimum Gasteiger partial charge on any atom is -0.434 e. The Kier molecular flexibility index (Phi) is 3.20. The first-order valence-electron chi connectivity index (χ1n) is 7.23. The van der Waals surface area contributed by atoms with Gasteiger partial charge in [0.05, 0.1) is 5.56 Å². The van der Waals surface area contributed by atoms with Crippen molar-refractivity contribution >= 4 is 17.0 Å². The molecule has 0 N–H and O–H groups in total. The minimum atomic E-state index is -0.103. The van der Waals surface area contributed by atoms with Gasteiger partial charge in [0.1, 0.15) is 0 Å². The lowest BCUT2D eigenvalue weighted by atomic mass is 10.0. The first-order valence-corrected chi connectivity index (χ1v) is 7.23. The third-order valence-electron chi connectivity index (χ3n) is 3.59. The first-order chi connectivity index (χ1) is 11.3. The van der Waals surface area contributed by atoms with Crippen LogP contribution < -0.4 is 0 Å². The Morgan fingerprint density at radius 1 is 0.870 bits per heavy atom. The van der Waals surface area contributed by atoms with Gasteiger partial charge < -0.3 is 4.42 Å². The summed E-state index contributed by atoms with van der Waals surface area (Å²) < 4.78 is 5.83. The Labute approximate surface area is 132 Å². The number of carbonyl (C=O) groups is 1. The predicted molar refractivity (Wildman–Crippen MR) is 87.1 cm³/mol. The lowest BCUT2D eigenvalue weighted by molar-refractivity contribution is 0.103. The van der Waals surface area contributed by atoms with E-state index in [9.17, 15) is 4.79 Å². The Bertz CT molecular complexity index is 976. The number of fused-ring (bicyclic) bond motifs is 1. The highest BCUT2D eigenvalue weighted by molar-refractivity contribution is 6.14. The summed E-state index contributed by atoms with van der Waals surface area (Å²) in [7, 11) is 0. The average molecular weight is 300 g/mol. The van der Waals surface area contributed by atoms with Crippen molar-refractivity contribution in [2.45, 2.75) is 0 Å². The van der Waals surface area contributed by atoms with Gasteiger partial charge in [0.2, 0.25) is 5.89 Å². The number of benzene rings is 2. The molecule has 0 fully saturated rings. The molecule has 2 heterocycles. The molecular weight excluding hydrogens is 288 g/mol. The monoisotopic (exact) mass is 300 g/mol. The van der Waals surface area contributed by atoms with E-state index in [4.69, 9.17) is 4.42 Å². The standard InChI is InChI=1S/C19H12N2O2/c22-16(13-7-3-1-4-8-13)15-11-12-20-18-17(15)23-19(21-18)14-9-5-2-6-10-14/h1-12H. The molecule has 0 atom stereocenters. The zero-order valence-electron chi connectivity index (χ0n) is 12.1. The minimum absolute atomic E-state index is 0.103. The first kappa shape index (κ1) is 13.4. The summed E-state index contributed by atoms with van der Waals surface area (Å²) in [5.74, 6) is 0.357. The van der Waals surface area contributed by atoms with Crippen molar-refractivity contribution in [2.75, 3.05) is 0 Å². The second-order valence-corrected chi connectivity index (χ2v) is 5.09. The zero-order chi connectivity index (χ0) is 15.6. The fourth-order valence-corrected chi connectivity index (χ4v) is 2.46. The van der Waals surface area contributed by atoms with Crippen LogP contribution in [-0.2, 0) is 0 Å². The largest absolute Gasteiger partial charge is 0.434 e. The molecular formula is C19H12N2O2. The Hall–Kier alpha value is -3.27. The smallest absolute Gasteiger partial charge is 0.228 e. The predicted octanol–water partition coefficient (Wildman–Crippen LogP) is 4.12. The maximum absolute atomic E-state index is 12.7. The van der Waals surface area contributed by atoms with Crippen LogP contribution in [0.2, 0.25) is 0 Å². The number of hydrogen-bond donors (Lipinski definition) is 0. The number of aromatic nitrogens is 2. The van der Waals surface area contributed by atoms with E-state index >= 15 is 0 Å². The van der Waals surface area contributed by atoms with Crippen LogP contribution in [0.25, 0.3) is 22.7 Å². The maximum Gasteiger partial charge on any atom is 0.228 e. The molecule has 2 aromatic carbocycles. The molecule has 0 bridgehead atoms. The molecule has 0 aliphatic carbocycles. The van der Waals surface area contributed by atoms with Crippen LogP contribution in [0.1, 0.15) is 15.9 Å². The number of carbonyl (C=O) groups excluding carboxylic acids is 1. The summed E-state index contributed by atoms with van der Waals surface area (Å²) in [4.78, 5) is 21.3. The highest BCUT2D eigenvalue weighted by Crippen LogP contribution is 2.26. The molecule has 0 aliphatic heterocycles. The highest BCUT2D eigenvalue weighted by atomic mass is 16.3. The molecule has 23 heavy (non-hydrogen) atoms. The number of nitrogens with zero attached hydrogens (tertiary/aromatic N) is 2. The second kappa shape index (κ2) is 5.50. The topological polar surface area (TPSA) is 56.0 Å². The maximum atomic E-state index is 12.7. The molecule has 0 aliphatic rings. The molecule has 0 radical (unpaired) electrons. The van der Waals surface area contributed by atoms with Crippen LogP contribution in [-0.4, -0.2) is 15.8 Å². The number of pyridine rings is 1. The van der Waals surface area contributed by atoms with Crippen LogP contribution >= 0.6 is 0 Å². The van der Waals surface area contributed by atoms with Crippen molar-refractivity contribution in [3.8, 4) is 11.5 Å². The van der Waals surface area contributed by atoms with Gasteiger partial charge in [0.25, 0.3) is 0 Å². The van der Waals surface area contributed by atoms with E-state index in [0.29, 0.717) is 28.2 Å². The van der Waals surface area contributed by atoms with Gasteiger partial charge in [-0.2, -0.15) is 4.98 Å². The molecule has 0 saturated carbocycles. The van der Waals surface area contributed by atoms with Gasteiger partial charge >= 0.3 is 0 Å². The lowest BCUT2D eigenvalue weighted by Crippen LogP contribution is -2.01. The zero-order valence-corrected chi connectivity index (χ0v) is 12.1. The van der Waals surface area contributed by atoms with E-state index in [1.54, 1.807) is 24.4 Å². The van der Waals surface area contributed by atoms with Crippen LogP contribution in [0.4, 0.5) is 0 Å². The summed E-state index contributed by atoms with van der Waals surface area (Å²) in [5.41, 5.74) is 2.78. The normalized spacial score (nSPS) is 10.8. The third kappa shape index (κ3) is 2.40. The molecule has 0 unspecified atom stereocenters. The number of oxazole rings is 1. The molecule has 110 valence electrons. The molecule has 4 aromatic rings. The summed E-state index contributed by atoms with van der Waals surface area (Å²) in [5, 5.41) is 0. The van der Waals surface area contributed by atoms with Gasteiger partial charge in [-0.15, -0.1) is 0 Å². The van der Waals surface area contributed by atoms with E-state index in [-0.39, 0.29) is 5.78 Å². The second-order valence-electron chi connectivity index (χ2n) is 5.09. The van der Waals surface area contributed by atoms with E-state index in [1.807, 2.05) is 48.5 Å². The van der Waals surface area contributed by atoms with E-state index in [2.05, 4.69) is 9.97 Å². The third-order valence-corrected chi connectivity index (χ3v) is 3.59. The van der Waals surface area contributed by atoms with Crippen molar-refractivity contribution in [1.82, 2.24) is 9.97 Å². The van der Waals surface area contributed by atoms with Crippen molar-refractivity contribution in [2.24, 2.45) is 0 Å². The van der Waals surface area contributed by atoms with Crippen molar-refractivity contribution in [3.05, 3.63) is 84.1 Å². The number of ketones is 1. The van der Waals surface area contributed by atoms with Gasteiger partial charge in [-0.25, -0.2) is 4.98 Å². The van der Waals surface area contributed by atoms with Gasteiger partial charge in [0, 0.05) is 17.3 Å². The van der Waals surface area contributed by atoms with Crippen molar-refractivity contribution < 1.29 is 9.21 Å². The van der Waals surface area contributed by atoms with Crippen LogP contribution in [0.5, 0.6) is 0 Å². The van der Waals surface area contributed by atoms with Gasteiger partial charge in [0.15, 0.2) is 17.0 Å². The van der Waals surface area contributed by atoms with Crippen LogP contribution in [0.15, 0.2) is 77.3 Å².